The summed E-state index contributed by atoms with van der Waals surface area (Å²) in [6.45, 7) is 1.70. The zero-order chi connectivity index (χ0) is 10.1. The van der Waals surface area contributed by atoms with Gasteiger partial charge in [-0.2, -0.15) is 0 Å². The van der Waals surface area contributed by atoms with Gasteiger partial charge in [0.2, 0.25) is 0 Å². The maximum absolute atomic E-state index is 9.74. The first kappa shape index (κ1) is 10.7. The Labute approximate surface area is 86.5 Å². The largest absolute Gasteiger partial charge is 0.384 e. The van der Waals surface area contributed by atoms with Gasteiger partial charge in [-0.25, -0.2) is 4.98 Å². The number of pyridine rings is 1. The van der Waals surface area contributed by atoms with Gasteiger partial charge in [0.25, 0.3) is 0 Å². The van der Waals surface area contributed by atoms with E-state index in [0.717, 1.165) is 0 Å². The van der Waals surface area contributed by atoms with E-state index in [1.807, 2.05) is 0 Å². The van der Waals surface area contributed by atoms with Crippen molar-refractivity contribution in [1.82, 2.24) is 4.98 Å². The standard InChI is InChI=1S/C8H10Cl2N2O/c1-8(13,4-11)5-2-6(9)7(10)12-3-5/h2-3,13H,4,11H2,1H3. The van der Waals surface area contributed by atoms with Crippen molar-refractivity contribution in [2.45, 2.75) is 12.5 Å². The molecule has 13 heavy (non-hydrogen) atoms. The predicted octanol–water partition coefficient (Wildman–Crippen LogP) is 1.55. The molecule has 0 aliphatic rings. The van der Waals surface area contributed by atoms with Crippen LogP contribution in [-0.2, 0) is 5.60 Å². The van der Waals surface area contributed by atoms with Crippen LogP contribution in [0.2, 0.25) is 10.2 Å². The fourth-order valence-electron chi connectivity index (χ4n) is 0.834. The number of hydrogen-bond acceptors (Lipinski definition) is 3. The minimum atomic E-state index is -1.11. The summed E-state index contributed by atoms with van der Waals surface area (Å²) < 4.78 is 0. The van der Waals surface area contributed by atoms with Crippen molar-refractivity contribution in [3.05, 3.63) is 28.0 Å². The number of nitrogens with zero attached hydrogens (tertiary/aromatic N) is 1. The molecule has 3 N–H and O–H groups in total. The Kier molecular flexibility index (Phi) is 3.14. The van der Waals surface area contributed by atoms with Crippen LogP contribution in [0.5, 0.6) is 0 Å². The minimum Gasteiger partial charge on any atom is -0.384 e. The second-order valence-electron chi connectivity index (χ2n) is 2.97. The van der Waals surface area contributed by atoms with Crippen LogP contribution in [0.1, 0.15) is 12.5 Å². The highest BCUT2D eigenvalue weighted by molar-refractivity contribution is 6.41. The maximum Gasteiger partial charge on any atom is 0.147 e. The zero-order valence-corrected chi connectivity index (χ0v) is 8.60. The molecule has 0 aromatic carbocycles. The summed E-state index contributed by atoms with van der Waals surface area (Å²) in [4.78, 5) is 3.81. The summed E-state index contributed by atoms with van der Waals surface area (Å²) in [5.41, 5.74) is 4.82. The number of aliphatic hydroxyl groups is 1. The second kappa shape index (κ2) is 3.80. The monoisotopic (exact) mass is 220 g/mol. The maximum atomic E-state index is 9.74. The summed E-state index contributed by atoms with van der Waals surface area (Å²) in [7, 11) is 0. The Balaban J connectivity index is 3.10. The van der Waals surface area contributed by atoms with Crippen molar-refractivity contribution in [3.8, 4) is 0 Å². The minimum absolute atomic E-state index is 0.104. The third kappa shape index (κ3) is 2.31. The fourth-order valence-corrected chi connectivity index (χ4v) is 1.10. The first-order chi connectivity index (χ1) is 5.97. The lowest BCUT2D eigenvalue weighted by molar-refractivity contribution is 0.0665. The van der Waals surface area contributed by atoms with E-state index >= 15 is 0 Å². The van der Waals surface area contributed by atoms with Gasteiger partial charge in [0, 0.05) is 18.3 Å². The predicted molar refractivity (Wildman–Crippen MR) is 52.9 cm³/mol. The molecule has 5 heteroatoms. The first-order valence-electron chi connectivity index (χ1n) is 3.71. The molecule has 0 aliphatic heterocycles. The normalized spacial score (nSPS) is 15.5. The molecule has 1 atom stereocenters. The molecule has 0 radical (unpaired) electrons. The quantitative estimate of drug-likeness (QED) is 0.745. The van der Waals surface area contributed by atoms with Crippen molar-refractivity contribution in [2.24, 2.45) is 5.73 Å². The molecule has 0 aliphatic carbocycles. The van der Waals surface area contributed by atoms with E-state index in [9.17, 15) is 5.11 Å². The molecule has 3 nitrogen and oxygen atoms in total. The van der Waals surface area contributed by atoms with E-state index in [-0.39, 0.29) is 11.7 Å². The van der Waals surface area contributed by atoms with Gasteiger partial charge >= 0.3 is 0 Å². The molecule has 0 bridgehead atoms. The smallest absolute Gasteiger partial charge is 0.147 e. The number of aromatic nitrogens is 1. The summed E-state index contributed by atoms with van der Waals surface area (Å²) in [6, 6.07) is 1.56. The van der Waals surface area contributed by atoms with Gasteiger partial charge in [0.15, 0.2) is 0 Å². The van der Waals surface area contributed by atoms with Crippen LogP contribution >= 0.6 is 23.2 Å². The van der Waals surface area contributed by atoms with Gasteiger partial charge < -0.3 is 10.8 Å². The Morgan fingerprint density at radius 2 is 2.23 bits per heavy atom. The molecule has 0 amide bonds. The lowest BCUT2D eigenvalue weighted by atomic mass is 9.98. The van der Waals surface area contributed by atoms with Gasteiger partial charge in [-0.05, 0) is 13.0 Å². The van der Waals surface area contributed by atoms with E-state index < -0.39 is 5.60 Å². The number of rotatable bonds is 2. The fraction of sp³-hybridized carbons (Fsp3) is 0.375. The Morgan fingerprint density at radius 3 is 2.69 bits per heavy atom. The molecular formula is C8H10Cl2N2O. The van der Waals surface area contributed by atoms with Crippen LogP contribution in [0.15, 0.2) is 12.3 Å². The highest BCUT2D eigenvalue weighted by atomic mass is 35.5. The van der Waals surface area contributed by atoms with E-state index in [2.05, 4.69) is 4.98 Å². The summed E-state index contributed by atoms with van der Waals surface area (Å²) in [6.07, 6.45) is 1.46. The van der Waals surface area contributed by atoms with Gasteiger partial charge in [0.05, 0.1) is 5.02 Å². The van der Waals surface area contributed by atoms with Crippen LogP contribution in [-0.4, -0.2) is 16.6 Å². The highest BCUT2D eigenvalue weighted by Crippen LogP contribution is 2.25. The van der Waals surface area contributed by atoms with Gasteiger partial charge in [-0.1, -0.05) is 23.2 Å². The first-order valence-corrected chi connectivity index (χ1v) is 4.47. The molecule has 0 spiro atoms. The second-order valence-corrected chi connectivity index (χ2v) is 3.74. The van der Waals surface area contributed by atoms with E-state index in [1.165, 1.54) is 6.20 Å². The van der Waals surface area contributed by atoms with E-state index in [0.29, 0.717) is 10.6 Å². The summed E-state index contributed by atoms with van der Waals surface area (Å²) in [5, 5.41) is 10.3. The van der Waals surface area contributed by atoms with Crippen molar-refractivity contribution < 1.29 is 5.11 Å². The average molecular weight is 221 g/mol. The number of nitrogens with two attached hydrogens (primary N) is 1. The molecule has 1 unspecified atom stereocenters. The van der Waals surface area contributed by atoms with Gasteiger partial charge in [-0.3, -0.25) is 0 Å². The van der Waals surface area contributed by atoms with Crippen LogP contribution in [0.25, 0.3) is 0 Å². The Hall–Kier alpha value is -0.350. The lowest BCUT2D eigenvalue weighted by Gasteiger charge is -2.21. The van der Waals surface area contributed by atoms with Crippen molar-refractivity contribution >= 4 is 23.2 Å². The van der Waals surface area contributed by atoms with Crippen LogP contribution in [0.3, 0.4) is 0 Å². The molecule has 0 fully saturated rings. The topological polar surface area (TPSA) is 59.1 Å². The number of hydrogen-bond donors (Lipinski definition) is 2. The molecule has 0 saturated heterocycles. The van der Waals surface area contributed by atoms with E-state index in [4.69, 9.17) is 28.9 Å². The zero-order valence-electron chi connectivity index (χ0n) is 7.09. The van der Waals surface area contributed by atoms with Crippen molar-refractivity contribution in [2.75, 3.05) is 6.54 Å². The Morgan fingerprint density at radius 1 is 1.62 bits per heavy atom. The third-order valence-corrected chi connectivity index (χ3v) is 2.50. The summed E-state index contributed by atoms with van der Waals surface area (Å²) >= 11 is 11.3. The summed E-state index contributed by atoms with van der Waals surface area (Å²) in [5.74, 6) is 0. The molecule has 1 rings (SSSR count). The molecule has 0 saturated carbocycles. The molecular weight excluding hydrogens is 211 g/mol. The van der Waals surface area contributed by atoms with Gasteiger partial charge in [0.1, 0.15) is 10.8 Å². The molecule has 1 aromatic rings. The molecule has 1 aromatic heterocycles. The number of halogens is 2. The molecule has 1 heterocycles. The van der Waals surface area contributed by atoms with Crippen LogP contribution < -0.4 is 5.73 Å². The highest BCUT2D eigenvalue weighted by Gasteiger charge is 2.22. The van der Waals surface area contributed by atoms with Crippen LogP contribution in [0.4, 0.5) is 0 Å². The van der Waals surface area contributed by atoms with Crippen LogP contribution in [0, 0.1) is 0 Å². The third-order valence-electron chi connectivity index (χ3n) is 1.82. The molecule has 72 valence electrons. The van der Waals surface area contributed by atoms with Crippen molar-refractivity contribution in [3.63, 3.8) is 0 Å². The lowest BCUT2D eigenvalue weighted by Crippen LogP contribution is -2.31. The Bertz CT molecular complexity index is 315. The van der Waals surface area contributed by atoms with E-state index in [1.54, 1.807) is 13.0 Å². The average Bonchev–Trinajstić information content (AvgIpc) is 2.09. The van der Waals surface area contributed by atoms with Gasteiger partial charge in [-0.15, -0.1) is 0 Å². The van der Waals surface area contributed by atoms with Crippen molar-refractivity contribution in [1.29, 1.82) is 0 Å². The SMILES string of the molecule is CC(O)(CN)c1cnc(Cl)c(Cl)c1.